The smallest absolute Gasteiger partial charge is 0.339 e. The van der Waals surface area contributed by atoms with Crippen LogP contribution in [0.1, 0.15) is 27.0 Å². The molecule has 0 saturated heterocycles. The van der Waals surface area contributed by atoms with Crippen LogP contribution < -0.4 is 0 Å². The zero-order valence-electron chi connectivity index (χ0n) is 17.5. The Morgan fingerprint density at radius 2 is 1.88 bits per heavy atom. The average Bonchev–Trinajstić information content (AvgIpc) is 3.21. The van der Waals surface area contributed by atoms with E-state index in [0.29, 0.717) is 22.3 Å². The Labute approximate surface area is 191 Å². The summed E-state index contributed by atoms with van der Waals surface area (Å²) in [6.07, 6.45) is -1.50. The summed E-state index contributed by atoms with van der Waals surface area (Å²) in [6, 6.07) is 17.2. The molecule has 0 saturated carbocycles. The van der Waals surface area contributed by atoms with Crippen molar-refractivity contribution >= 4 is 27.7 Å². The average molecular weight is 456 g/mol. The van der Waals surface area contributed by atoms with E-state index in [2.05, 4.69) is 21.0 Å². The third kappa shape index (κ3) is 3.88. The van der Waals surface area contributed by atoms with Gasteiger partial charge in [-0.05, 0) is 35.4 Å². The van der Waals surface area contributed by atoms with Crippen LogP contribution in [0.3, 0.4) is 0 Å². The number of hydrogen-bond donors (Lipinski definition) is 1. The van der Waals surface area contributed by atoms with Crippen molar-refractivity contribution in [2.45, 2.75) is 12.6 Å². The van der Waals surface area contributed by atoms with E-state index in [1.165, 1.54) is 24.5 Å². The number of nitrogens with zero attached hydrogens (tertiary/aromatic N) is 3. The number of fused-ring (bicyclic) bond motifs is 3. The number of halogens is 3. The molecule has 3 aromatic carbocycles. The first kappa shape index (κ1) is 21.3. The predicted octanol–water partition coefficient (Wildman–Crippen LogP) is 6.09. The van der Waals surface area contributed by atoms with E-state index in [9.17, 15) is 23.2 Å². The molecule has 2 heterocycles. The van der Waals surface area contributed by atoms with Gasteiger partial charge in [0.05, 0.1) is 17.2 Å². The quantitative estimate of drug-likeness (QED) is 0.332. The van der Waals surface area contributed by atoms with Gasteiger partial charge in [0, 0.05) is 40.0 Å². The van der Waals surface area contributed by atoms with E-state index >= 15 is 0 Å². The number of rotatable bonds is 4. The highest BCUT2D eigenvalue weighted by Gasteiger charge is 2.30. The third-order valence-electron chi connectivity index (χ3n) is 5.67. The largest absolute Gasteiger partial charge is 0.416 e. The van der Waals surface area contributed by atoms with Gasteiger partial charge in [-0.15, -0.1) is 0 Å². The summed E-state index contributed by atoms with van der Waals surface area (Å²) in [5.41, 5.74) is 2.94. The van der Waals surface area contributed by atoms with Gasteiger partial charge in [-0.2, -0.15) is 18.4 Å². The van der Waals surface area contributed by atoms with Crippen molar-refractivity contribution in [1.82, 2.24) is 15.0 Å². The Morgan fingerprint density at radius 1 is 1.03 bits per heavy atom. The van der Waals surface area contributed by atoms with E-state index in [4.69, 9.17) is 0 Å². The summed E-state index contributed by atoms with van der Waals surface area (Å²) in [5, 5.41) is 11.4. The van der Waals surface area contributed by atoms with Gasteiger partial charge in [-0.1, -0.05) is 36.4 Å². The molecule has 0 unspecified atom stereocenters. The van der Waals surface area contributed by atoms with Gasteiger partial charge in [0.15, 0.2) is 5.78 Å². The lowest BCUT2D eigenvalue weighted by molar-refractivity contribution is -0.137. The maximum Gasteiger partial charge on any atom is 0.416 e. The van der Waals surface area contributed by atoms with Crippen molar-refractivity contribution < 1.29 is 18.0 Å². The van der Waals surface area contributed by atoms with Gasteiger partial charge in [-0.25, -0.2) is 9.97 Å². The number of nitrogens with one attached hydrogen (secondary N) is 1. The van der Waals surface area contributed by atoms with Crippen LogP contribution in [0.25, 0.3) is 33.1 Å². The predicted molar refractivity (Wildman–Crippen MR) is 121 cm³/mol. The number of carbonyl (C=O) groups excluding carboxylic acids is 1. The lowest BCUT2D eigenvalue weighted by Crippen LogP contribution is -2.08. The summed E-state index contributed by atoms with van der Waals surface area (Å²) in [6.45, 7) is 0. The highest BCUT2D eigenvalue weighted by atomic mass is 19.4. The van der Waals surface area contributed by atoms with E-state index < -0.39 is 11.7 Å². The van der Waals surface area contributed by atoms with Crippen molar-refractivity contribution in [3.63, 3.8) is 0 Å². The van der Waals surface area contributed by atoms with Crippen molar-refractivity contribution in [3.05, 3.63) is 95.4 Å². The molecule has 5 rings (SSSR count). The molecule has 0 aliphatic heterocycles. The first-order chi connectivity index (χ1) is 16.3. The summed E-state index contributed by atoms with van der Waals surface area (Å²) < 4.78 is 39.0. The van der Waals surface area contributed by atoms with Gasteiger partial charge >= 0.3 is 6.18 Å². The highest BCUT2D eigenvalue weighted by molar-refractivity contribution is 6.07. The molecule has 1 N–H and O–H groups in total. The molecule has 0 radical (unpaired) electrons. The number of nitriles is 1. The minimum atomic E-state index is -4.48. The van der Waals surface area contributed by atoms with Crippen LogP contribution in [-0.2, 0) is 12.6 Å². The second kappa shape index (κ2) is 8.12. The van der Waals surface area contributed by atoms with Gasteiger partial charge in [0.25, 0.3) is 0 Å². The molecular weight excluding hydrogens is 441 g/mol. The maximum absolute atomic E-state index is 13.0. The van der Waals surface area contributed by atoms with E-state index in [-0.39, 0.29) is 17.8 Å². The number of aromatic amines is 1. The van der Waals surface area contributed by atoms with Gasteiger partial charge < -0.3 is 4.98 Å². The zero-order chi connectivity index (χ0) is 23.9. The lowest BCUT2D eigenvalue weighted by atomic mass is 9.94. The number of benzene rings is 3. The standard InChI is InChI=1S/C26H15F3N4O/c27-26(28,29)19-3-1-2-15(8-19)9-24(34)17-4-5-18(12-30)21(10-17)16-6-7-20-22-13-31-14-32-25(22)33-23(20)11-16/h1-8,10-11,13-14H,9H2,(H,31,32,33). The molecule has 0 spiro atoms. The normalized spacial score (nSPS) is 11.6. The minimum absolute atomic E-state index is 0.186. The van der Waals surface area contributed by atoms with Crippen LogP contribution >= 0.6 is 0 Å². The lowest BCUT2D eigenvalue weighted by Gasteiger charge is -2.10. The van der Waals surface area contributed by atoms with Crippen molar-refractivity contribution in [3.8, 4) is 17.2 Å². The number of H-pyrrole nitrogens is 1. The van der Waals surface area contributed by atoms with E-state index in [1.54, 1.807) is 18.3 Å². The number of ketones is 1. The summed E-state index contributed by atoms with van der Waals surface area (Å²) >= 11 is 0. The van der Waals surface area contributed by atoms with Gasteiger partial charge in [-0.3, -0.25) is 4.79 Å². The van der Waals surface area contributed by atoms with Crippen molar-refractivity contribution in [2.75, 3.05) is 0 Å². The minimum Gasteiger partial charge on any atom is -0.339 e. The van der Waals surface area contributed by atoms with E-state index in [0.717, 1.165) is 34.0 Å². The Kier molecular flexibility index (Phi) is 5.10. The van der Waals surface area contributed by atoms with Crippen LogP contribution in [0, 0.1) is 11.3 Å². The van der Waals surface area contributed by atoms with Crippen LogP contribution in [0.5, 0.6) is 0 Å². The second-order valence-electron chi connectivity index (χ2n) is 7.84. The second-order valence-corrected chi connectivity index (χ2v) is 7.84. The Bertz CT molecular complexity index is 1610. The molecule has 0 bridgehead atoms. The van der Waals surface area contributed by atoms with Crippen LogP contribution in [0.15, 0.2) is 73.2 Å². The van der Waals surface area contributed by atoms with Crippen molar-refractivity contribution in [2.24, 2.45) is 0 Å². The molecule has 0 amide bonds. The van der Waals surface area contributed by atoms with Crippen LogP contribution in [0.4, 0.5) is 13.2 Å². The Morgan fingerprint density at radius 3 is 2.68 bits per heavy atom. The fourth-order valence-corrected chi connectivity index (χ4v) is 4.00. The number of Topliss-reactive ketones (excluding diaryl/α,β-unsaturated/α-hetero) is 1. The van der Waals surface area contributed by atoms with E-state index in [1.807, 2.05) is 18.2 Å². The first-order valence-corrected chi connectivity index (χ1v) is 10.3. The number of hydrogen-bond acceptors (Lipinski definition) is 4. The molecule has 0 fully saturated rings. The molecule has 2 aromatic heterocycles. The number of carbonyl (C=O) groups is 1. The topological polar surface area (TPSA) is 82.4 Å². The molecule has 0 atom stereocenters. The fraction of sp³-hybridized carbons (Fsp3) is 0.0769. The fourth-order valence-electron chi connectivity index (χ4n) is 4.00. The molecular formula is C26H15F3N4O. The van der Waals surface area contributed by atoms with Gasteiger partial charge in [0.2, 0.25) is 0 Å². The van der Waals surface area contributed by atoms with Crippen LogP contribution in [0.2, 0.25) is 0 Å². The molecule has 5 aromatic rings. The summed E-state index contributed by atoms with van der Waals surface area (Å²) in [7, 11) is 0. The number of aromatic nitrogens is 3. The molecule has 5 nitrogen and oxygen atoms in total. The highest BCUT2D eigenvalue weighted by Crippen LogP contribution is 2.32. The molecule has 0 aliphatic rings. The third-order valence-corrected chi connectivity index (χ3v) is 5.67. The van der Waals surface area contributed by atoms with Crippen LogP contribution in [-0.4, -0.2) is 20.7 Å². The molecule has 8 heteroatoms. The summed E-state index contributed by atoms with van der Waals surface area (Å²) in [4.78, 5) is 24.4. The number of alkyl halides is 3. The van der Waals surface area contributed by atoms with Gasteiger partial charge in [0.1, 0.15) is 12.0 Å². The first-order valence-electron chi connectivity index (χ1n) is 10.3. The monoisotopic (exact) mass is 456 g/mol. The molecule has 0 aliphatic carbocycles. The molecule has 34 heavy (non-hydrogen) atoms. The zero-order valence-corrected chi connectivity index (χ0v) is 17.5. The van der Waals surface area contributed by atoms with Crippen molar-refractivity contribution in [1.29, 1.82) is 5.26 Å². The Balaban J connectivity index is 1.51. The SMILES string of the molecule is N#Cc1ccc(C(=O)Cc2cccc(C(F)(F)F)c2)cc1-c1ccc2c(c1)[nH]c1ncncc12. The Hall–Kier alpha value is -4.51. The summed E-state index contributed by atoms with van der Waals surface area (Å²) in [5.74, 6) is -0.341. The maximum atomic E-state index is 13.0. The molecule has 166 valence electrons.